The van der Waals surface area contributed by atoms with E-state index in [0.29, 0.717) is 25.2 Å². The van der Waals surface area contributed by atoms with Gasteiger partial charge in [-0.2, -0.15) is 0 Å². The zero-order valence-corrected chi connectivity index (χ0v) is 16.5. The minimum Gasteiger partial charge on any atom is -0.507 e. The summed E-state index contributed by atoms with van der Waals surface area (Å²) in [4.78, 5) is 32.4. The lowest BCUT2D eigenvalue weighted by Gasteiger charge is -2.08. The van der Waals surface area contributed by atoms with Gasteiger partial charge >= 0.3 is 0 Å². The number of rotatable bonds is 6. The van der Waals surface area contributed by atoms with Gasteiger partial charge in [-0.1, -0.05) is 30.3 Å². The number of benzene rings is 2. The molecule has 2 heterocycles. The minimum absolute atomic E-state index is 0.0579. The largest absolute Gasteiger partial charge is 0.507 e. The van der Waals surface area contributed by atoms with Crippen LogP contribution < -0.4 is 10.6 Å². The summed E-state index contributed by atoms with van der Waals surface area (Å²) in [6, 6.07) is 16.1. The molecule has 7 nitrogen and oxygen atoms in total. The quantitative estimate of drug-likeness (QED) is 0.371. The predicted molar refractivity (Wildman–Crippen MR) is 116 cm³/mol. The highest BCUT2D eigenvalue weighted by molar-refractivity contribution is 6.10. The van der Waals surface area contributed by atoms with Gasteiger partial charge in [-0.25, -0.2) is 4.98 Å². The van der Waals surface area contributed by atoms with Gasteiger partial charge in [0.2, 0.25) is 0 Å². The molecular formula is C23H22N4O3. The van der Waals surface area contributed by atoms with Gasteiger partial charge in [0.15, 0.2) is 0 Å². The molecule has 4 N–H and O–H groups in total. The Morgan fingerprint density at radius 3 is 2.47 bits per heavy atom. The topological polar surface area (TPSA) is 107 Å². The molecule has 4 aromatic rings. The highest BCUT2D eigenvalue weighted by Gasteiger charge is 2.14. The minimum atomic E-state index is -0.346. The number of aromatic nitrogens is 2. The van der Waals surface area contributed by atoms with E-state index in [4.69, 9.17) is 0 Å². The van der Waals surface area contributed by atoms with Crippen LogP contribution in [0.2, 0.25) is 0 Å². The average Bonchev–Trinajstić information content (AvgIpc) is 3.13. The molecule has 152 valence electrons. The zero-order chi connectivity index (χ0) is 21.1. The maximum atomic E-state index is 12.6. The van der Waals surface area contributed by atoms with E-state index >= 15 is 0 Å². The van der Waals surface area contributed by atoms with E-state index < -0.39 is 0 Å². The number of aromatic amines is 1. The van der Waals surface area contributed by atoms with Crippen molar-refractivity contribution >= 4 is 33.6 Å². The molecule has 0 bridgehead atoms. The molecule has 0 atom stereocenters. The predicted octanol–water partition coefficient (Wildman–Crippen LogP) is 3.28. The van der Waals surface area contributed by atoms with Crippen LogP contribution in [-0.2, 0) is 0 Å². The number of hydrogen-bond acceptors (Lipinski definition) is 4. The van der Waals surface area contributed by atoms with E-state index in [1.807, 2.05) is 31.2 Å². The summed E-state index contributed by atoms with van der Waals surface area (Å²) in [6.45, 7) is 2.65. The molecule has 0 unspecified atom stereocenters. The first-order chi connectivity index (χ1) is 14.5. The van der Waals surface area contributed by atoms with E-state index in [0.717, 1.165) is 27.5 Å². The highest BCUT2D eigenvalue weighted by atomic mass is 16.3. The molecule has 0 saturated carbocycles. The molecule has 0 aliphatic carbocycles. The van der Waals surface area contributed by atoms with E-state index in [1.165, 1.54) is 6.07 Å². The Hall–Kier alpha value is -3.87. The number of amides is 2. The molecule has 0 radical (unpaired) electrons. The first-order valence-corrected chi connectivity index (χ1v) is 9.77. The Morgan fingerprint density at radius 2 is 1.67 bits per heavy atom. The monoisotopic (exact) mass is 402 g/mol. The van der Waals surface area contributed by atoms with Gasteiger partial charge in [0, 0.05) is 29.4 Å². The fraction of sp³-hybridized carbons (Fsp3) is 0.174. The van der Waals surface area contributed by atoms with Crippen molar-refractivity contribution in [3.05, 3.63) is 71.5 Å². The Bertz CT molecular complexity index is 1250. The molecule has 30 heavy (non-hydrogen) atoms. The van der Waals surface area contributed by atoms with Gasteiger partial charge in [-0.3, -0.25) is 9.59 Å². The number of nitrogens with zero attached hydrogens (tertiary/aromatic N) is 1. The molecule has 0 aliphatic rings. The Balaban J connectivity index is 1.35. The molecule has 2 aromatic carbocycles. The van der Waals surface area contributed by atoms with Crippen LogP contribution in [0.3, 0.4) is 0 Å². The van der Waals surface area contributed by atoms with Crippen molar-refractivity contribution in [2.75, 3.05) is 13.1 Å². The number of H-pyrrole nitrogens is 1. The molecule has 0 spiro atoms. The summed E-state index contributed by atoms with van der Waals surface area (Å²) < 4.78 is 0. The van der Waals surface area contributed by atoms with Crippen LogP contribution in [0, 0.1) is 6.92 Å². The lowest BCUT2D eigenvalue weighted by atomic mass is 10.1. The fourth-order valence-electron chi connectivity index (χ4n) is 3.46. The number of hydrogen-bond donors (Lipinski definition) is 4. The Morgan fingerprint density at radius 1 is 0.967 bits per heavy atom. The Labute approximate surface area is 173 Å². The van der Waals surface area contributed by atoms with Crippen molar-refractivity contribution in [3.63, 3.8) is 0 Å². The van der Waals surface area contributed by atoms with Crippen LogP contribution in [0.4, 0.5) is 0 Å². The van der Waals surface area contributed by atoms with Gasteiger partial charge < -0.3 is 20.7 Å². The average molecular weight is 402 g/mol. The molecule has 0 aliphatic heterocycles. The van der Waals surface area contributed by atoms with Crippen molar-refractivity contribution in [1.29, 1.82) is 0 Å². The van der Waals surface area contributed by atoms with Gasteiger partial charge in [-0.05, 0) is 37.6 Å². The number of fused-ring (bicyclic) bond motifs is 3. The molecule has 2 aromatic heterocycles. The van der Waals surface area contributed by atoms with Crippen molar-refractivity contribution in [2.24, 2.45) is 0 Å². The normalized spacial score (nSPS) is 11.0. The fourth-order valence-corrected chi connectivity index (χ4v) is 3.46. The van der Waals surface area contributed by atoms with Crippen LogP contribution >= 0.6 is 0 Å². The summed E-state index contributed by atoms with van der Waals surface area (Å²) in [6.07, 6.45) is 0.555. The van der Waals surface area contributed by atoms with Crippen LogP contribution in [0.5, 0.6) is 5.75 Å². The number of pyridine rings is 1. The second kappa shape index (κ2) is 8.24. The van der Waals surface area contributed by atoms with Crippen LogP contribution in [0.25, 0.3) is 21.8 Å². The van der Waals surface area contributed by atoms with E-state index in [-0.39, 0.29) is 23.1 Å². The first kappa shape index (κ1) is 19.4. The van der Waals surface area contributed by atoms with E-state index in [9.17, 15) is 14.7 Å². The number of phenolic OH excluding ortho intramolecular Hbond substituents is 1. The summed E-state index contributed by atoms with van der Waals surface area (Å²) in [5.74, 6) is -0.656. The number of phenols is 1. The third-order valence-corrected chi connectivity index (χ3v) is 4.98. The number of aromatic hydroxyl groups is 1. The number of carbonyl (C=O) groups excluding carboxylic acids is 2. The molecule has 2 amide bonds. The van der Waals surface area contributed by atoms with Crippen LogP contribution in [-0.4, -0.2) is 40.0 Å². The maximum absolute atomic E-state index is 12.6. The van der Waals surface area contributed by atoms with Crippen LogP contribution in [0.1, 0.15) is 33.0 Å². The van der Waals surface area contributed by atoms with Crippen molar-refractivity contribution in [3.8, 4) is 5.75 Å². The molecule has 0 saturated heterocycles. The van der Waals surface area contributed by atoms with Crippen LogP contribution in [0.15, 0.2) is 54.6 Å². The van der Waals surface area contributed by atoms with Crippen molar-refractivity contribution in [2.45, 2.75) is 13.3 Å². The Kier molecular flexibility index (Phi) is 5.34. The third-order valence-electron chi connectivity index (χ3n) is 4.98. The second-order valence-electron chi connectivity index (χ2n) is 7.07. The molecular weight excluding hydrogens is 380 g/mol. The SMILES string of the molecule is Cc1nc(C(=O)NCCCNC(=O)c2ccccc2O)cc2c1[nH]c1ccccc12. The summed E-state index contributed by atoms with van der Waals surface area (Å²) in [5.41, 5.74) is 3.30. The smallest absolute Gasteiger partial charge is 0.269 e. The first-order valence-electron chi connectivity index (χ1n) is 9.77. The van der Waals surface area contributed by atoms with E-state index in [2.05, 4.69) is 20.6 Å². The van der Waals surface area contributed by atoms with Gasteiger partial charge in [-0.15, -0.1) is 0 Å². The maximum Gasteiger partial charge on any atom is 0.269 e. The standard InChI is InChI=1S/C23H22N4O3/c1-14-21-17(15-7-2-4-9-18(15)27-21)13-19(26-14)23(30)25-12-6-11-24-22(29)16-8-3-5-10-20(16)28/h2-5,7-10,13,27-28H,6,11-12H2,1H3,(H,24,29)(H,25,30). The zero-order valence-electron chi connectivity index (χ0n) is 16.5. The summed E-state index contributed by atoms with van der Waals surface area (Å²) in [7, 11) is 0. The third kappa shape index (κ3) is 3.82. The van der Waals surface area contributed by atoms with Gasteiger partial charge in [0.25, 0.3) is 11.8 Å². The van der Waals surface area contributed by atoms with Crippen molar-refractivity contribution < 1.29 is 14.7 Å². The van der Waals surface area contributed by atoms with Gasteiger partial charge in [0.05, 0.1) is 16.8 Å². The number of para-hydroxylation sites is 2. The van der Waals surface area contributed by atoms with Crippen molar-refractivity contribution in [1.82, 2.24) is 20.6 Å². The molecule has 7 heteroatoms. The van der Waals surface area contributed by atoms with Gasteiger partial charge in [0.1, 0.15) is 11.4 Å². The van der Waals surface area contributed by atoms with E-state index in [1.54, 1.807) is 24.3 Å². The lowest BCUT2D eigenvalue weighted by molar-refractivity contribution is 0.0947. The second-order valence-corrected chi connectivity index (χ2v) is 7.07. The number of aryl methyl sites for hydroxylation is 1. The highest BCUT2D eigenvalue weighted by Crippen LogP contribution is 2.27. The molecule has 4 rings (SSSR count). The summed E-state index contributed by atoms with van der Waals surface area (Å²) >= 11 is 0. The molecule has 0 fully saturated rings. The lowest BCUT2D eigenvalue weighted by Crippen LogP contribution is -2.30. The number of carbonyl (C=O) groups is 2. The summed E-state index contributed by atoms with van der Waals surface area (Å²) in [5, 5.41) is 17.3. The number of nitrogens with one attached hydrogen (secondary N) is 3.